The highest BCUT2D eigenvalue weighted by Crippen LogP contribution is 1.75. The first-order chi connectivity index (χ1) is 2.27. The average Bonchev–Trinajstić information content (AvgIpc) is 1.38. The number of rotatable bonds is 1. The molecule has 1 nitrogen and oxygen atoms in total. The molecule has 0 aromatic heterocycles. The quantitative estimate of drug-likeness (QED) is 0.481. The Morgan fingerprint density at radius 3 is 2.00 bits per heavy atom. The van der Waals surface area contributed by atoms with Gasteiger partial charge in [0.2, 0.25) is 0 Å². The predicted octanol–water partition coefficient (Wildman–Crippen LogP) is 0.558. The molecule has 1 unspecified atom stereocenters. The Balaban J connectivity index is 2.54. The van der Waals surface area contributed by atoms with E-state index in [2.05, 4.69) is 0 Å². The van der Waals surface area contributed by atoms with Crippen LogP contribution in [0.4, 0.5) is 0 Å². The lowest BCUT2D eigenvalue weighted by Gasteiger charge is -1.91. The molecule has 0 amide bonds. The molecule has 0 aliphatic carbocycles. The van der Waals surface area contributed by atoms with Crippen LogP contribution in [0, 0.1) is 6.42 Å². The van der Waals surface area contributed by atoms with Crippen molar-refractivity contribution in [3.05, 3.63) is 6.42 Å². The Hall–Kier alpha value is -0.0400. The molecule has 5 heavy (non-hydrogen) atoms. The Bertz CT molecular complexity index is 17.6. The average molecular weight is 72.1 g/mol. The molecule has 0 spiro atoms. The fraction of sp³-hybridized carbons (Fsp3) is 0.750. The second kappa shape index (κ2) is 2.21. The molecule has 0 aliphatic rings. The van der Waals surface area contributed by atoms with Gasteiger partial charge in [0.15, 0.2) is 0 Å². The summed E-state index contributed by atoms with van der Waals surface area (Å²) in [5.74, 6) is 0. The van der Waals surface area contributed by atoms with E-state index >= 15 is 0 Å². The van der Waals surface area contributed by atoms with Crippen LogP contribution < -0.4 is 5.73 Å². The highest BCUT2D eigenvalue weighted by atomic mass is 14.6. The molecule has 0 heterocycles. The van der Waals surface area contributed by atoms with E-state index in [1.54, 1.807) is 0 Å². The van der Waals surface area contributed by atoms with E-state index in [1.807, 2.05) is 20.3 Å². The van der Waals surface area contributed by atoms with Gasteiger partial charge in [-0.25, -0.2) is 0 Å². The first-order valence-electron chi connectivity index (χ1n) is 1.82. The normalized spacial score (nSPS) is 15.0. The van der Waals surface area contributed by atoms with Crippen molar-refractivity contribution in [3.63, 3.8) is 0 Å². The van der Waals surface area contributed by atoms with Gasteiger partial charge in [-0.1, -0.05) is 6.92 Å². The van der Waals surface area contributed by atoms with Crippen LogP contribution in [-0.2, 0) is 0 Å². The monoisotopic (exact) mass is 72.1 g/mol. The van der Waals surface area contributed by atoms with E-state index in [1.165, 1.54) is 0 Å². The number of hydrogen-bond acceptors (Lipinski definition) is 1. The summed E-state index contributed by atoms with van der Waals surface area (Å²) in [5.41, 5.74) is 5.24. The maximum absolute atomic E-state index is 5.24. The van der Waals surface area contributed by atoms with Gasteiger partial charge in [-0.05, 0) is 13.3 Å². The molecule has 1 atom stereocenters. The van der Waals surface area contributed by atoms with Gasteiger partial charge in [-0.3, -0.25) is 0 Å². The third kappa shape index (κ3) is 3.96. The van der Waals surface area contributed by atoms with E-state index in [0.717, 1.165) is 0 Å². The minimum atomic E-state index is 0.259. The van der Waals surface area contributed by atoms with E-state index in [-0.39, 0.29) is 6.04 Å². The maximum Gasteiger partial charge on any atom is 0.00392 e. The zero-order valence-corrected chi connectivity index (χ0v) is 3.73. The second-order valence-corrected chi connectivity index (χ2v) is 1.19. The third-order valence-electron chi connectivity index (χ3n) is 0.526. The van der Waals surface area contributed by atoms with Gasteiger partial charge in [0.1, 0.15) is 0 Å². The lowest BCUT2D eigenvalue weighted by atomic mass is 10.3. The molecule has 2 N–H and O–H groups in total. The van der Waals surface area contributed by atoms with Gasteiger partial charge in [-0.15, -0.1) is 0 Å². The molecule has 0 aromatic rings. The molecule has 0 rings (SSSR count). The number of nitrogens with two attached hydrogens (primary N) is 1. The van der Waals surface area contributed by atoms with Gasteiger partial charge in [0, 0.05) is 6.04 Å². The van der Waals surface area contributed by atoms with Gasteiger partial charge >= 0.3 is 0 Å². The number of hydrogen-bond donors (Lipinski definition) is 1. The minimum absolute atomic E-state index is 0.259. The van der Waals surface area contributed by atoms with Crippen molar-refractivity contribution in [2.75, 3.05) is 0 Å². The molecule has 31 valence electrons. The SMILES string of the molecule is C[CH]C(C)N. The van der Waals surface area contributed by atoms with Crippen LogP contribution in [0.3, 0.4) is 0 Å². The zero-order chi connectivity index (χ0) is 4.28. The molecular formula is C4H10N. The third-order valence-corrected chi connectivity index (χ3v) is 0.526. The first kappa shape index (κ1) is 4.96. The Kier molecular flexibility index (Phi) is 2.19. The van der Waals surface area contributed by atoms with Crippen LogP contribution in [0.25, 0.3) is 0 Å². The van der Waals surface area contributed by atoms with Gasteiger partial charge in [-0.2, -0.15) is 0 Å². The predicted molar refractivity (Wildman–Crippen MR) is 23.6 cm³/mol. The fourth-order valence-corrected chi connectivity index (χ4v) is 0. The van der Waals surface area contributed by atoms with Crippen molar-refractivity contribution < 1.29 is 0 Å². The van der Waals surface area contributed by atoms with Crippen LogP contribution in [0.1, 0.15) is 13.8 Å². The highest BCUT2D eigenvalue weighted by molar-refractivity contribution is 4.66. The first-order valence-corrected chi connectivity index (χ1v) is 1.82. The van der Waals surface area contributed by atoms with Crippen molar-refractivity contribution in [2.24, 2.45) is 5.73 Å². The summed E-state index contributed by atoms with van der Waals surface area (Å²) in [7, 11) is 0. The van der Waals surface area contributed by atoms with Crippen LogP contribution in [0.2, 0.25) is 0 Å². The van der Waals surface area contributed by atoms with Gasteiger partial charge < -0.3 is 5.73 Å². The van der Waals surface area contributed by atoms with E-state index in [0.29, 0.717) is 0 Å². The molecule has 0 aliphatic heterocycles. The molecule has 1 radical (unpaired) electrons. The molecule has 0 aromatic carbocycles. The summed E-state index contributed by atoms with van der Waals surface area (Å²) in [6.07, 6.45) is 1.94. The Morgan fingerprint density at radius 1 is 1.80 bits per heavy atom. The van der Waals surface area contributed by atoms with E-state index < -0.39 is 0 Å². The van der Waals surface area contributed by atoms with Crippen molar-refractivity contribution in [1.29, 1.82) is 0 Å². The summed E-state index contributed by atoms with van der Waals surface area (Å²) in [4.78, 5) is 0. The molecular weight excluding hydrogens is 62.1 g/mol. The van der Waals surface area contributed by atoms with E-state index in [9.17, 15) is 0 Å². The summed E-state index contributed by atoms with van der Waals surface area (Å²) >= 11 is 0. The second-order valence-electron chi connectivity index (χ2n) is 1.19. The maximum atomic E-state index is 5.24. The van der Waals surface area contributed by atoms with Gasteiger partial charge in [0.05, 0.1) is 0 Å². The highest BCUT2D eigenvalue weighted by Gasteiger charge is 1.80. The molecule has 0 fully saturated rings. The minimum Gasteiger partial charge on any atom is -0.328 e. The molecule has 0 saturated carbocycles. The van der Waals surface area contributed by atoms with Crippen LogP contribution in [0.15, 0.2) is 0 Å². The zero-order valence-electron chi connectivity index (χ0n) is 3.73. The Morgan fingerprint density at radius 2 is 2.00 bits per heavy atom. The summed E-state index contributed by atoms with van der Waals surface area (Å²) in [6, 6.07) is 0.259. The lowest BCUT2D eigenvalue weighted by molar-refractivity contribution is 0.855. The van der Waals surface area contributed by atoms with Crippen molar-refractivity contribution in [1.82, 2.24) is 0 Å². The molecule has 0 saturated heterocycles. The van der Waals surface area contributed by atoms with E-state index in [4.69, 9.17) is 5.73 Å². The fourth-order valence-electron chi connectivity index (χ4n) is 0. The van der Waals surface area contributed by atoms with Crippen molar-refractivity contribution in [3.8, 4) is 0 Å². The molecule has 0 bridgehead atoms. The summed E-state index contributed by atoms with van der Waals surface area (Å²) in [5, 5.41) is 0. The summed E-state index contributed by atoms with van der Waals surface area (Å²) < 4.78 is 0. The Labute approximate surface area is 33.2 Å². The largest absolute Gasteiger partial charge is 0.328 e. The molecule has 1 heteroatoms. The summed E-state index contributed by atoms with van der Waals surface area (Å²) in [6.45, 7) is 3.89. The lowest BCUT2D eigenvalue weighted by Crippen LogP contribution is -2.12. The standard InChI is InChI=1S/C4H10N/c1-3-4(2)5/h3-4H,5H2,1-2H3. The van der Waals surface area contributed by atoms with Crippen LogP contribution >= 0.6 is 0 Å². The van der Waals surface area contributed by atoms with Crippen LogP contribution in [-0.4, -0.2) is 6.04 Å². The van der Waals surface area contributed by atoms with Crippen LogP contribution in [0.5, 0.6) is 0 Å². The van der Waals surface area contributed by atoms with Gasteiger partial charge in [0.25, 0.3) is 0 Å². The topological polar surface area (TPSA) is 26.0 Å². The van der Waals surface area contributed by atoms with Crippen molar-refractivity contribution >= 4 is 0 Å². The van der Waals surface area contributed by atoms with Crippen molar-refractivity contribution in [2.45, 2.75) is 19.9 Å². The smallest absolute Gasteiger partial charge is 0.00392 e.